The molecular weight excluding hydrogens is 356 g/mol. The van der Waals surface area contributed by atoms with Gasteiger partial charge in [-0.25, -0.2) is 0 Å². The number of aliphatic hydroxyl groups is 1. The van der Waals surface area contributed by atoms with Gasteiger partial charge in [-0.1, -0.05) is 78.9 Å². The average Bonchev–Trinajstić information content (AvgIpc) is 3.25. The normalized spacial score (nSPS) is 17.6. The van der Waals surface area contributed by atoms with Gasteiger partial charge < -0.3 is 5.11 Å². The second kappa shape index (κ2) is 5.76. The molecule has 2 aliphatic rings. The van der Waals surface area contributed by atoms with Crippen LogP contribution in [0.4, 0.5) is 0 Å². The molecule has 0 fully saturated rings. The topological polar surface area (TPSA) is 37.3 Å². The Hall–Kier alpha value is -3.49. The smallest absolute Gasteiger partial charge is 0.150 e. The van der Waals surface area contributed by atoms with Gasteiger partial charge in [-0.2, -0.15) is 0 Å². The third-order valence-corrected chi connectivity index (χ3v) is 6.50. The van der Waals surface area contributed by atoms with E-state index < -0.39 is 5.41 Å². The summed E-state index contributed by atoms with van der Waals surface area (Å²) >= 11 is 0. The van der Waals surface area contributed by atoms with Crippen LogP contribution in [0.3, 0.4) is 0 Å². The van der Waals surface area contributed by atoms with Gasteiger partial charge in [0.25, 0.3) is 0 Å². The van der Waals surface area contributed by atoms with Crippen molar-refractivity contribution in [3.8, 4) is 22.3 Å². The van der Waals surface area contributed by atoms with E-state index in [1.54, 1.807) is 0 Å². The monoisotopic (exact) mass is 374 g/mol. The first-order valence-corrected chi connectivity index (χ1v) is 9.82. The Kier molecular flexibility index (Phi) is 3.27. The molecule has 0 amide bonds. The van der Waals surface area contributed by atoms with Crippen molar-refractivity contribution in [1.29, 1.82) is 0 Å². The Balaban J connectivity index is 1.84. The summed E-state index contributed by atoms with van der Waals surface area (Å²) in [6, 6.07) is 29.3. The highest BCUT2D eigenvalue weighted by atomic mass is 16.3. The molecule has 0 aromatic heterocycles. The zero-order valence-corrected chi connectivity index (χ0v) is 15.7. The summed E-state index contributed by atoms with van der Waals surface area (Å²) in [5.41, 5.74) is 10.7. The van der Waals surface area contributed by atoms with E-state index in [0.717, 1.165) is 17.4 Å². The van der Waals surface area contributed by atoms with E-state index in [0.29, 0.717) is 5.56 Å². The quantitative estimate of drug-likeness (QED) is 0.416. The highest BCUT2D eigenvalue weighted by molar-refractivity contribution is 5.96. The number of aldehydes is 1. The van der Waals surface area contributed by atoms with Crippen molar-refractivity contribution in [3.05, 3.63) is 118 Å². The largest absolute Gasteiger partial charge is 0.392 e. The van der Waals surface area contributed by atoms with E-state index in [4.69, 9.17) is 0 Å². The fourth-order valence-corrected chi connectivity index (χ4v) is 5.38. The lowest BCUT2D eigenvalue weighted by Gasteiger charge is -2.30. The van der Waals surface area contributed by atoms with Crippen LogP contribution in [0.2, 0.25) is 0 Å². The molecular formula is C27H18O2. The van der Waals surface area contributed by atoms with Crippen molar-refractivity contribution >= 4 is 6.29 Å². The maximum Gasteiger partial charge on any atom is 0.150 e. The lowest BCUT2D eigenvalue weighted by atomic mass is 9.70. The van der Waals surface area contributed by atoms with Gasteiger partial charge >= 0.3 is 0 Å². The van der Waals surface area contributed by atoms with Gasteiger partial charge in [0.1, 0.15) is 6.29 Å². The van der Waals surface area contributed by atoms with Crippen LogP contribution >= 0.6 is 0 Å². The van der Waals surface area contributed by atoms with Crippen LogP contribution in [0, 0.1) is 0 Å². The second-order valence-corrected chi connectivity index (χ2v) is 7.80. The zero-order chi connectivity index (χ0) is 19.6. The molecule has 1 spiro atoms. The first-order valence-electron chi connectivity index (χ1n) is 9.82. The summed E-state index contributed by atoms with van der Waals surface area (Å²) in [5.74, 6) is 0. The lowest BCUT2D eigenvalue weighted by molar-refractivity contribution is 0.112. The molecule has 138 valence electrons. The molecule has 0 saturated carbocycles. The minimum atomic E-state index is -0.470. The van der Waals surface area contributed by atoms with Crippen molar-refractivity contribution in [1.82, 2.24) is 0 Å². The molecule has 0 saturated heterocycles. The number of carbonyl (C=O) groups is 1. The van der Waals surface area contributed by atoms with Crippen LogP contribution in [-0.4, -0.2) is 11.4 Å². The van der Waals surface area contributed by atoms with Gasteiger partial charge in [-0.15, -0.1) is 0 Å². The van der Waals surface area contributed by atoms with E-state index in [9.17, 15) is 9.90 Å². The fraction of sp³-hybridized carbons (Fsp3) is 0.0741. The highest BCUT2D eigenvalue weighted by Crippen LogP contribution is 2.62. The number of aliphatic hydroxyl groups excluding tert-OH is 1. The molecule has 1 atom stereocenters. The van der Waals surface area contributed by atoms with Gasteiger partial charge in [0.15, 0.2) is 0 Å². The Labute approximate surface area is 169 Å². The van der Waals surface area contributed by atoms with Crippen molar-refractivity contribution in [2.24, 2.45) is 0 Å². The van der Waals surface area contributed by atoms with E-state index in [1.165, 1.54) is 38.9 Å². The Morgan fingerprint density at radius 3 is 1.83 bits per heavy atom. The molecule has 0 radical (unpaired) electrons. The average molecular weight is 374 g/mol. The van der Waals surface area contributed by atoms with Crippen LogP contribution in [-0.2, 0) is 12.0 Å². The van der Waals surface area contributed by atoms with Gasteiger partial charge in [-0.3, -0.25) is 4.79 Å². The molecule has 1 N–H and O–H groups in total. The highest BCUT2D eigenvalue weighted by Gasteiger charge is 2.51. The maximum absolute atomic E-state index is 11.6. The number of benzene rings is 4. The molecule has 0 bridgehead atoms. The van der Waals surface area contributed by atoms with Crippen LogP contribution in [0.15, 0.2) is 84.9 Å². The van der Waals surface area contributed by atoms with E-state index >= 15 is 0 Å². The molecule has 2 heteroatoms. The molecule has 0 aliphatic heterocycles. The molecule has 29 heavy (non-hydrogen) atoms. The van der Waals surface area contributed by atoms with Crippen LogP contribution in [0.5, 0.6) is 0 Å². The van der Waals surface area contributed by atoms with Gasteiger partial charge in [0.2, 0.25) is 0 Å². The number of hydrogen-bond acceptors (Lipinski definition) is 2. The molecule has 4 aromatic rings. The standard InChI is InChI=1S/C27H18O2/c28-15-17-9-11-21-19-5-1-3-7-23(19)27(25(21)13-17)24-8-4-2-6-20(24)22-12-10-18(16-29)14-26(22)27/h1-15,29H,16H2. The van der Waals surface area contributed by atoms with Gasteiger partial charge in [-0.05, 0) is 56.1 Å². The second-order valence-electron chi connectivity index (χ2n) is 7.80. The third kappa shape index (κ3) is 1.92. The first kappa shape index (κ1) is 16.5. The Bertz CT molecular complexity index is 1300. The molecule has 0 heterocycles. The zero-order valence-electron chi connectivity index (χ0n) is 15.7. The van der Waals surface area contributed by atoms with Crippen molar-refractivity contribution in [2.75, 3.05) is 0 Å². The Morgan fingerprint density at radius 2 is 1.21 bits per heavy atom. The SMILES string of the molecule is O=Cc1ccc2c(c1)C1(c3ccccc3-2)c2ccccc2-c2ccc(CO)cc21. The number of hydrogen-bond donors (Lipinski definition) is 1. The Morgan fingerprint density at radius 1 is 0.655 bits per heavy atom. The van der Waals surface area contributed by atoms with E-state index in [1.807, 2.05) is 18.2 Å². The fourth-order valence-electron chi connectivity index (χ4n) is 5.38. The van der Waals surface area contributed by atoms with Crippen molar-refractivity contribution < 1.29 is 9.90 Å². The van der Waals surface area contributed by atoms with Crippen molar-refractivity contribution in [3.63, 3.8) is 0 Å². The lowest BCUT2D eigenvalue weighted by Crippen LogP contribution is -2.26. The first-order chi connectivity index (χ1) is 14.3. The van der Waals surface area contributed by atoms with Crippen LogP contribution in [0.1, 0.15) is 38.2 Å². The minimum absolute atomic E-state index is 0.00257. The summed E-state index contributed by atoms with van der Waals surface area (Å²) in [6.45, 7) is 0.00257. The summed E-state index contributed by atoms with van der Waals surface area (Å²) in [5, 5.41) is 9.84. The number of carbonyl (C=O) groups excluding carboxylic acids is 1. The molecule has 2 aliphatic carbocycles. The predicted octanol–water partition coefficient (Wildman–Crippen LogP) is 5.33. The molecule has 6 rings (SSSR count). The molecule has 4 aromatic carbocycles. The van der Waals surface area contributed by atoms with Crippen molar-refractivity contribution in [2.45, 2.75) is 12.0 Å². The third-order valence-electron chi connectivity index (χ3n) is 6.50. The maximum atomic E-state index is 11.6. The number of rotatable bonds is 2. The van der Waals surface area contributed by atoms with Crippen LogP contribution in [0.25, 0.3) is 22.3 Å². The molecule has 2 nitrogen and oxygen atoms in total. The van der Waals surface area contributed by atoms with Crippen LogP contribution < -0.4 is 0 Å². The predicted molar refractivity (Wildman–Crippen MR) is 114 cm³/mol. The summed E-state index contributed by atoms with van der Waals surface area (Å²) < 4.78 is 0. The van der Waals surface area contributed by atoms with Gasteiger partial charge in [0.05, 0.1) is 12.0 Å². The minimum Gasteiger partial charge on any atom is -0.392 e. The molecule has 1 unspecified atom stereocenters. The summed E-state index contributed by atoms with van der Waals surface area (Å²) in [4.78, 5) is 11.6. The van der Waals surface area contributed by atoms with E-state index in [2.05, 4.69) is 66.7 Å². The summed E-state index contributed by atoms with van der Waals surface area (Å²) in [6.07, 6.45) is 0.920. The summed E-state index contributed by atoms with van der Waals surface area (Å²) in [7, 11) is 0. The number of fused-ring (bicyclic) bond motifs is 10. The van der Waals surface area contributed by atoms with E-state index in [-0.39, 0.29) is 6.61 Å². The van der Waals surface area contributed by atoms with Gasteiger partial charge in [0, 0.05) is 5.56 Å².